The van der Waals surface area contributed by atoms with Crippen molar-refractivity contribution < 1.29 is 18.7 Å². The van der Waals surface area contributed by atoms with Gasteiger partial charge in [-0.1, -0.05) is 29.8 Å². The molecular formula is C21H16ClFN2O3. The van der Waals surface area contributed by atoms with E-state index in [0.717, 1.165) is 6.07 Å². The van der Waals surface area contributed by atoms with Gasteiger partial charge in [-0.05, 0) is 42.5 Å². The molecule has 2 amide bonds. The average molecular weight is 399 g/mol. The normalized spacial score (nSPS) is 10.2. The molecule has 0 unspecified atom stereocenters. The zero-order chi connectivity index (χ0) is 20.1. The first-order chi connectivity index (χ1) is 13.5. The molecule has 0 aliphatic carbocycles. The Morgan fingerprint density at radius 1 is 0.893 bits per heavy atom. The molecule has 0 aliphatic heterocycles. The Bertz CT molecular complexity index is 1040. The van der Waals surface area contributed by atoms with Crippen LogP contribution in [0.2, 0.25) is 5.02 Å². The highest BCUT2D eigenvalue weighted by atomic mass is 35.5. The van der Waals surface area contributed by atoms with E-state index in [-0.39, 0.29) is 21.8 Å². The van der Waals surface area contributed by atoms with E-state index in [1.165, 1.54) is 19.2 Å². The lowest BCUT2D eigenvalue weighted by molar-refractivity contribution is 0.102. The minimum Gasteiger partial charge on any atom is -0.497 e. The Kier molecular flexibility index (Phi) is 5.91. The summed E-state index contributed by atoms with van der Waals surface area (Å²) in [5.41, 5.74) is 0.787. The largest absolute Gasteiger partial charge is 0.497 e. The molecule has 0 heterocycles. The van der Waals surface area contributed by atoms with Gasteiger partial charge in [0.2, 0.25) is 0 Å². The second-order valence-corrected chi connectivity index (χ2v) is 6.25. The number of rotatable bonds is 5. The average Bonchev–Trinajstić information content (AvgIpc) is 2.70. The first-order valence-corrected chi connectivity index (χ1v) is 8.66. The molecule has 0 atom stereocenters. The highest BCUT2D eigenvalue weighted by molar-refractivity contribution is 6.31. The molecule has 0 aliphatic rings. The SMILES string of the molecule is COc1cccc(NC(=O)c2ccccc2NC(=O)c2cc(Cl)ccc2F)c1. The van der Waals surface area contributed by atoms with Crippen molar-refractivity contribution in [1.82, 2.24) is 0 Å². The number of amides is 2. The van der Waals surface area contributed by atoms with E-state index >= 15 is 0 Å². The van der Waals surface area contributed by atoms with Gasteiger partial charge in [-0.15, -0.1) is 0 Å². The maximum Gasteiger partial charge on any atom is 0.258 e. The summed E-state index contributed by atoms with van der Waals surface area (Å²) in [7, 11) is 1.53. The Morgan fingerprint density at radius 3 is 2.43 bits per heavy atom. The van der Waals surface area contributed by atoms with E-state index in [1.54, 1.807) is 48.5 Å². The van der Waals surface area contributed by atoms with Gasteiger partial charge in [0, 0.05) is 16.8 Å². The summed E-state index contributed by atoms with van der Waals surface area (Å²) in [4.78, 5) is 25.1. The van der Waals surface area contributed by atoms with Crippen LogP contribution in [0.1, 0.15) is 20.7 Å². The van der Waals surface area contributed by atoms with E-state index in [0.29, 0.717) is 11.4 Å². The summed E-state index contributed by atoms with van der Waals surface area (Å²) in [5, 5.41) is 5.53. The van der Waals surface area contributed by atoms with Crippen LogP contribution in [0.3, 0.4) is 0 Å². The Labute approximate surface area is 166 Å². The van der Waals surface area contributed by atoms with E-state index in [2.05, 4.69) is 10.6 Å². The van der Waals surface area contributed by atoms with Gasteiger partial charge < -0.3 is 15.4 Å². The van der Waals surface area contributed by atoms with Crippen LogP contribution in [0.15, 0.2) is 66.7 Å². The monoisotopic (exact) mass is 398 g/mol. The number of ether oxygens (including phenoxy) is 1. The van der Waals surface area contributed by atoms with Gasteiger partial charge >= 0.3 is 0 Å². The minimum atomic E-state index is -0.708. The van der Waals surface area contributed by atoms with Crippen LogP contribution in [-0.4, -0.2) is 18.9 Å². The van der Waals surface area contributed by atoms with Crippen molar-refractivity contribution in [3.8, 4) is 5.75 Å². The number of methoxy groups -OCH3 is 1. The number of hydrogen-bond acceptors (Lipinski definition) is 3. The fraction of sp³-hybridized carbons (Fsp3) is 0.0476. The first kappa shape index (κ1) is 19.4. The number of nitrogens with one attached hydrogen (secondary N) is 2. The van der Waals surface area contributed by atoms with Gasteiger partial charge in [0.25, 0.3) is 11.8 Å². The van der Waals surface area contributed by atoms with E-state index < -0.39 is 17.6 Å². The zero-order valence-corrected chi connectivity index (χ0v) is 15.6. The Hall–Kier alpha value is -3.38. The predicted octanol–water partition coefficient (Wildman–Crippen LogP) is 4.99. The molecule has 0 fully saturated rings. The fourth-order valence-corrected chi connectivity index (χ4v) is 2.72. The second kappa shape index (κ2) is 8.54. The molecule has 2 N–H and O–H groups in total. The highest BCUT2D eigenvalue weighted by Gasteiger charge is 2.17. The number of carbonyl (C=O) groups excluding carboxylic acids is 2. The molecule has 0 saturated heterocycles. The van der Waals surface area contributed by atoms with Gasteiger partial charge in [0.1, 0.15) is 11.6 Å². The number of para-hydroxylation sites is 1. The molecule has 0 radical (unpaired) electrons. The number of halogens is 2. The quantitative estimate of drug-likeness (QED) is 0.636. The summed E-state index contributed by atoms with van der Waals surface area (Å²) in [6.07, 6.45) is 0. The van der Waals surface area contributed by atoms with Crippen molar-refractivity contribution in [2.45, 2.75) is 0 Å². The van der Waals surface area contributed by atoms with Crippen molar-refractivity contribution in [3.05, 3.63) is 88.7 Å². The molecule has 3 aromatic carbocycles. The van der Waals surface area contributed by atoms with Gasteiger partial charge in [-0.3, -0.25) is 9.59 Å². The minimum absolute atomic E-state index is 0.212. The van der Waals surface area contributed by atoms with Crippen LogP contribution in [0.25, 0.3) is 0 Å². The van der Waals surface area contributed by atoms with E-state index in [1.807, 2.05) is 0 Å². The molecule has 7 heteroatoms. The van der Waals surface area contributed by atoms with Crippen molar-refractivity contribution >= 4 is 34.8 Å². The summed E-state index contributed by atoms with van der Waals surface area (Å²) in [6, 6.07) is 17.0. The standard InChI is InChI=1S/C21H16ClFN2O3/c1-28-15-6-4-5-14(12-15)24-20(26)16-7-2-3-8-19(16)25-21(27)17-11-13(22)9-10-18(17)23/h2-12H,1H3,(H,24,26)(H,25,27). The van der Waals surface area contributed by atoms with Crippen molar-refractivity contribution in [2.75, 3.05) is 17.7 Å². The zero-order valence-electron chi connectivity index (χ0n) is 14.8. The topological polar surface area (TPSA) is 67.4 Å². The lowest BCUT2D eigenvalue weighted by Gasteiger charge is -2.12. The third-order valence-electron chi connectivity index (χ3n) is 3.92. The van der Waals surface area contributed by atoms with Gasteiger partial charge in [-0.2, -0.15) is 0 Å². The van der Waals surface area contributed by atoms with Crippen LogP contribution >= 0.6 is 11.6 Å². The fourth-order valence-electron chi connectivity index (χ4n) is 2.55. The van der Waals surface area contributed by atoms with Crippen molar-refractivity contribution in [2.24, 2.45) is 0 Å². The lowest BCUT2D eigenvalue weighted by atomic mass is 10.1. The maximum atomic E-state index is 13.9. The van der Waals surface area contributed by atoms with Crippen molar-refractivity contribution in [1.29, 1.82) is 0 Å². The van der Waals surface area contributed by atoms with E-state index in [9.17, 15) is 14.0 Å². The summed E-state index contributed by atoms with van der Waals surface area (Å²) in [6.45, 7) is 0. The predicted molar refractivity (Wildman–Crippen MR) is 107 cm³/mol. The molecule has 142 valence electrons. The molecule has 0 bridgehead atoms. The summed E-state index contributed by atoms with van der Waals surface area (Å²) >= 11 is 5.84. The van der Waals surface area contributed by atoms with Crippen LogP contribution in [0.4, 0.5) is 15.8 Å². The maximum absolute atomic E-state index is 13.9. The lowest BCUT2D eigenvalue weighted by Crippen LogP contribution is -2.19. The number of carbonyl (C=O) groups is 2. The second-order valence-electron chi connectivity index (χ2n) is 5.81. The van der Waals surface area contributed by atoms with Gasteiger partial charge in [0.05, 0.1) is 23.9 Å². The van der Waals surface area contributed by atoms with Gasteiger partial charge in [-0.25, -0.2) is 4.39 Å². The highest BCUT2D eigenvalue weighted by Crippen LogP contribution is 2.22. The molecule has 0 saturated carbocycles. The van der Waals surface area contributed by atoms with E-state index in [4.69, 9.17) is 16.3 Å². The third kappa shape index (κ3) is 4.47. The van der Waals surface area contributed by atoms with Gasteiger partial charge in [0.15, 0.2) is 0 Å². The summed E-state index contributed by atoms with van der Waals surface area (Å²) < 4.78 is 19.1. The van der Waals surface area contributed by atoms with Crippen LogP contribution in [0.5, 0.6) is 5.75 Å². The first-order valence-electron chi connectivity index (χ1n) is 8.29. The van der Waals surface area contributed by atoms with Crippen molar-refractivity contribution in [3.63, 3.8) is 0 Å². The van der Waals surface area contributed by atoms with Crippen LogP contribution in [-0.2, 0) is 0 Å². The number of benzene rings is 3. The molecule has 0 spiro atoms. The van der Waals surface area contributed by atoms with Crippen LogP contribution in [0, 0.1) is 5.82 Å². The Morgan fingerprint density at radius 2 is 1.64 bits per heavy atom. The number of hydrogen-bond donors (Lipinski definition) is 2. The molecule has 0 aromatic heterocycles. The molecule has 5 nitrogen and oxygen atoms in total. The Balaban J connectivity index is 1.83. The molecule has 28 heavy (non-hydrogen) atoms. The van der Waals surface area contributed by atoms with Crippen LogP contribution < -0.4 is 15.4 Å². The summed E-state index contributed by atoms with van der Waals surface area (Å²) in [5.74, 6) is -1.26. The molecule has 3 rings (SSSR count). The molecule has 3 aromatic rings. The third-order valence-corrected chi connectivity index (χ3v) is 4.16. The number of anilines is 2. The molecular weight excluding hydrogens is 383 g/mol. The smallest absolute Gasteiger partial charge is 0.258 e.